The minimum atomic E-state index is -0.510. The van der Waals surface area contributed by atoms with E-state index in [9.17, 15) is 0 Å². The van der Waals surface area contributed by atoms with Gasteiger partial charge in [-0.25, -0.2) is 0 Å². The number of hydrogen-bond acceptors (Lipinski definition) is 1. The summed E-state index contributed by atoms with van der Waals surface area (Å²) in [5, 5.41) is 8.61. The van der Waals surface area contributed by atoms with Crippen molar-refractivity contribution in [3.63, 3.8) is 0 Å². The maximum absolute atomic E-state index is 8.61. The van der Waals surface area contributed by atoms with Crippen LogP contribution >= 0.6 is 11.6 Å². The van der Waals surface area contributed by atoms with Gasteiger partial charge in [-0.15, -0.1) is 11.6 Å². The quantitative estimate of drug-likeness (QED) is 0.490. The number of alkyl halides is 1. The molecule has 0 N–H and O–H groups in total. The summed E-state index contributed by atoms with van der Waals surface area (Å²) < 4.78 is 0. The van der Waals surface area contributed by atoms with Crippen LogP contribution in [0.4, 0.5) is 0 Å². The summed E-state index contributed by atoms with van der Waals surface area (Å²) >= 11 is 5.98. The summed E-state index contributed by atoms with van der Waals surface area (Å²) in [4.78, 5) is -0.510. The smallest absolute Gasteiger partial charge is 0.0871 e. The van der Waals surface area contributed by atoms with Crippen LogP contribution in [-0.4, -0.2) is 4.87 Å². The molecule has 2 atom stereocenters. The van der Waals surface area contributed by atoms with Crippen molar-refractivity contribution in [1.82, 2.24) is 0 Å². The predicted molar refractivity (Wildman–Crippen MR) is 41.6 cm³/mol. The molecule has 0 aromatic carbocycles. The number of nitriles is 1. The Hall–Kier alpha value is -0.740. The van der Waals surface area contributed by atoms with E-state index in [1.165, 1.54) is 0 Å². The van der Waals surface area contributed by atoms with Gasteiger partial charge in [-0.3, -0.25) is 0 Å². The first-order valence-corrected chi connectivity index (χ1v) is 3.49. The van der Waals surface area contributed by atoms with Crippen molar-refractivity contribution in [3.05, 3.63) is 24.3 Å². The fourth-order valence-electron chi connectivity index (χ4n) is 0.880. The largest absolute Gasteiger partial charge is 0.198 e. The van der Waals surface area contributed by atoms with E-state index in [1.807, 2.05) is 31.2 Å². The van der Waals surface area contributed by atoms with Crippen molar-refractivity contribution in [2.24, 2.45) is 5.92 Å². The molecule has 0 aromatic rings. The van der Waals surface area contributed by atoms with Crippen LogP contribution in [0.2, 0.25) is 0 Å². The number of rotatable bonds is 0. The lowest BCUT2D eigenvalue weighted by Gasteiger charge is -2.22. The highest BCUT2D eigenvalue weighted by molar-refractivity contribution is 6.25. The van der Waals surface area contributed by atoms with Gasteiger partial charge in [0, 0.05) is 0 Å². The van der Waals surface area contributed by atoms with Gasteiger partial charge in [0.25, 0.3) is 0 Å². The van der Waals surface area contributed by atoms with E-state index < -0.39 is 4.87 Å². The molecular formula is C8H8ClN. The second kappa shape index (κ2) is 2.48. The third-order valence-corrected chi connectivity index (χ3v) is 1.95. The molecule has 2 unspecified atom stereocenters. The molecule has 0 spiro atoms. The van der Waals surface area contributed by atoms with Crippen molar-refractivity contribution in [2.75, 3.05) is 0 Å². The zero-order chi connectivity index (χ0) is 7.61. The predicted octanol–water partition coefficient (Wildman–Crippen LogP) is 2.25. The third-order valence-electron chi connectivity index (χ3n) is 1.58. The van der Waals surface area contributed by atoms with Crippen LogP contribution in [0.5, 0.6) is 0 Å². The summed E-state index contributed by atoms with van der Waals surface area (Å²) in [5.74, 6) is -0.195. The number of hydrogen-bond donors (Lipinski definition) is 0. The van der Waals surface area contributed by atoms with Crippen LogP contribution < -0.4 is 0 Å². The Kier molecular flexibility index (Phi) is 1.82. The molecule has 1 aliphatic rings. The molecule has 1 aliphatic carbocycles. The SMILES string of the molecule is CC1(Cl)C=CC=CC1C#N. The van der Waals surface area contributed by atoms with E-state index in [2.05, 4.69) is 6.07 Å². The number of nitrogens with zero attached hydrogens (tertiary/aromatic N) is 1. The highest BCUT2D eigenvalue weighted by Crippen LogP contribution is 2.29. The van der Waals surface area contributed by atoms with Gasteiger partial charge in [0.1, 0.15) is 0 Å². The van der Waals surface area contributed by atoms with Gasteiger partial charge in [-0.2, -0.15) is 5.26 Å². The van der Waals surface area contributed by atoms with Crippen LogP contribution in [0.15, 0.2) is 24.3 Å². The van der Waals surface area contributed by atoms with E-state index in [0.29, 0.717) is 0 Å². The van der Waals surface area contributed by atoms with Crippen LogP contribution in [0, 0.1) is 17.2 Å². The average molecular weight is 154 g/mol. The van der Waals surface area contributed by atoms with Crippen LogP contribution in [0.3, 0.4) is 0 Å². The van der Waals surface area contributed by atoms with Crippen LogP contribution in [-0.2, 0) is 0 Å². The Morgan fingerprint density at radius 3 is 2.70 bits per heavy atom. The molecule has 0 saturated heterocycles. The molecule has 0 saturated carbocycles. The fraction of sp³-hybridized carbons (Fsp3) is 0.375. The van der Waals surface area contributed by atoms with Crippen molar-refractivity contribution >= 4 is 11.6 Å². The lowest BCUT2D eigenvalue weighted by atomic mass is 9.90. The molecule has 2 heteroatoms. The molecular weight excluding hydrogens is 146 g/mol. The summed E-state index contributed by atoms with van der Waals surface area (Å²) in [6, 6.07) is 2.12. The topological polar surface area (TPSA) is 23.8 Å². The van der Waals surface area contributed by atoms with Gasteiger partial charge in [-0.1, -0.05) is 24.3 Å². The summed E-state index contributed by atoms with van der Waals surface area (Å²) in [5.41, 5.74) is 0. The first kappa shape index (κ1) is 7.37. The monoisotopic (exact) mass is 153 g/mol. The Balaban J connectivity index is 2.87. The normalized spacial score (nSPS) is 37.5. The Morgan fingerprint density at radius 1 is 1.60 bits per heavy atom. The maximum Gasteiger partial charge on any atom is 0.0871 e. The van der Waals surface area contributed by atoms with Gasteiger partial charge in [-0.05, 0) is 6.92 Å². The van der Waals surface area contributed by atoms with E-state index in [1.54, 1.807) is 0 Å². The van der Waals surface area contributed by atoms with Gasteiger partial charge >= 0.3 is 0 Å². The molecule has 0 radical (unpaired) electrons. The summed E-state index contributed by atoms with van der Waals surface area (Å²) in [6.07, 6.45) is 7.36. The molecule has 0 heterocycles. The molecule has 0 bridgehead atoms. The van der Waals surface area contributed by atoms with E-state index in [4.69, 9.17) is 16.9 Å². The molecule has 0 amide bonds. The van der Waals surface area contributed by atoms with Crippen molar-refractivity contribution < 1.29 is 0 Å². The molecule has 0 fully saturated rings. The van der Waals surface area contributed by atoms with E-state index in [0.717, 1.165) is 0 Å². The lowest BCUT2D eigenvalue weighted by molar-refractivity contribution is 0.658. The molecule has 1 nitrogen and oxygen atoms in total. The Bertz CT molecular complexity index is 220. The standard InChI is InChI=1S/C8H8ClN/c1-8(9)5-3-2-4-7(8)6-10/h2-5,7H,1H3. The molecule has 0 aliphatic heterocycles. The van der Waals surface area contributed by atoms with E-state index in [-0.39, 0.29) is 5.92 Å². The lowest BCUT2D eigenvalue weighted by Crippen LogP contribution is -2.24. The second-order valence-corrected chi connectivity index (χ2v) is 3.32. The second-order valence-electron chi connectivity index (χ2n) is 2.50. The summed E-state index contributed by atoms with van der Waals surface area (Å²) in [7, 11) is 0. The fourth-order valence-corrected chi connectivity index (χ4v) is 1.07. The Morgan fingerprint density at radius 2 is 2.30 bits per heavy atom. The van der Waals surface area contributed by atoms with Crippen LogP contribution in [0.25, 0.3) is 0 Å². The van der Waals surface area contributed by atoms with Crippen LogP contribution in [0.1, 0.15) is 6.92 Å². The molecule has 52 valence electrons. The van der Waals surface area contributed by atoms with Crippen molar-refractivity contribution in [2.45, 2.75) is 11.8 Å². The average Bonchev–Trinajstić information content (AvgIpc) is 1.87. The van der Waals surface area contributed by atoms with Crippen molar-refractivity contribution in [3.8, 4) is 6.07 Å². The van der Waals surface area contributed by atoms with Gasteiger partial charge < -0.3 is 0 Å². The first-order valence-electron chi connectivity index (χ1n) is 3.11. The highest BCUT2D eigenvalue weighted by Gasteiger charge is 2.28. The molecule has 0 aromatic heterocycles. The first-order chi connectivity index (χ1) is 4.67. The zero-order valence-corrected chi connectivity index (χ0v) is 6.47. The highest BCUT2D eigenvalue weighted by atomic mass is 35.5. The van der Waals surface area contributed by atoms with Gasteiger partial charge in [0.05, 0.1) is 16.9 Å². The zero-order valence-electron chi connectivity index (χ0n) is 5.71. The number of allylic oxidation sites excluding steroid dienone is 4. The Labute approximate surface area is 65.6 Å². The molecule has 10 heavy (non-hydrogen) atoms. The minimum Gasteiger partial charge on any atom is -0.198 e. The third kappa shape index (κ3) is 1.22. The van der Waals surface area contributed by atoms with Gasteiger partial charge in [0.15, 0.2) is 0 Å². The van der Waals surface area contributed by atoms with E-state index >= 15 is 0 Å². The number of halogens is 1. The summed E-state index contributed by atoms with van der Waals surface area (Å²) in [6.45, 7) is 1.84. The maximum atomic E-state index is 8.61. The van der Waals surface area contributed by atoms with Gasteiger partial charge in [0.2, 0.25) is 0 Å². The molecule has 1 rings (SSSR count). The minimum absolute atomic E-state index is 0.195. The van der Waals surface area contributed by atoms with Crippen molar-refractivity contribution in [1.29, 1.82) is 5.26 Å².